The van der Waals surface area contributed by atoms with Crippen molar-refractivity contribution >= 4 is 17.5 Å². The summed E-state index contributed by atoms with van der Waals surface area (Å²) in [6.45, 7) is 4.16. The standard InChI is InChI=1S/C18H19N5/c1-12-8-13(2)10-14(9-12)21-17-11-16(22-18(19-3)23-17)15-6-4-5-7-20-15/h4-11H,1-3H3,(H2,19,21,22,23). The SMILES string of the molecule is CNc1nc(Nc2cc(C)cc(C)c2)cc(-c2ccccn2)n1. The van der Waals surface area contributed by atoms with Crippen LogP contribution in [0.15, 0.2) is 48.7 Å². The number of rotatable bonds is 4. The van der Waals surface area contributed by atoms with E-state index in [4.69, 9.17) is 0 Å². The Hall–Kier alpha value is -2.95. The molecule has 2 heterocycles. The predicted molar refractivity (Wildman–Crippen MR) is 94.0 cm³/mol. The van der Waals surface area contributed by atoms with Crippen LogP contribution in [0.4, 0.5) is 17.5 Å². The average molecular weight is 305 g/mol. The Morgan fingerprint density at radius 1 is 0.870 bits per heavy atom. The highest BCUT2D eigenvalue weighted by Crippen LogP contribution is 2.23. The number of anilines is 3. The van der Waals surface area contributed by atoms with Gasteiger partial charge in [-0.25, -0.2) is 4.98 Å². The second kappa shape index (κ2) is 6.44. The fourth-order valence-electron chi connectivity index (χ4n) is 2.46. The van der Waals surface area contributed by atoms with Crippen LogP contribution < -0.4 is 10.6 Å². The maximum atomic E-state index is 4.47. The molecule has 0 aliphatic heterocycles. The number of nitrogens with one attached hydrogen (secondary N) is 2. The van der Waals surface area contributed by atoms with E-state index in [-0.39, 0.29) is 0 Å². The van der Waals surface area contributed by atoms with E-state index in [9.17, 15) is 0 Å². The van der Waals surface area contributed by atoms with Crippen molar-refractivity contribution in [1.29, 1.82) is 0 Å². The van der Waals surface area contributed by atoms with Gasteiger partial charge in [0, 0.05) is 25.0 Å². The molecule has 0 amide bonds. The third-order valence-electron chi connectivity index (χ3n) is 3.37. The summed E-state index contributed by atoms with van der Waals surface area (Å²) >= 11 is 0. The molecule has 3 rings (SSSR count). The molecule has 5 nitrogen and oxygen atoms in total. The van der Waals surface area contributed by atoms with Gasteiger partial charge in [-0.15, -0.1) is 0 Å². The van der Waals surface area contributed by atoms with Gasteiger partial charge in [0.1, 0.15) is 5.82 Å². The zero-order valence-electron chi connectivity index (χ0n) is 13.5. The van der Waals surface area contributed by atoms with Crippen molar-refractivity contribution in [3.63, 3.8) is 0 Å². The Labute approximate surface area is 135 Å². The van der Waals surface area contributed by atoms with E-state index in [1.165, 1.54) is 11.1 Å². The minimum absolute atomic E-state index is 0.556. The van der Waals surface area contributed by atoms with Crippen LogP contribution in [0.1, 0.15) is 11.1 Å². The second-order valence-electron chi connectivity index (χ2n) is 5.43. The number of nitrogens with zero attached hydrogens (tertiary/aromatic N) is 3. The van der Waals surface area contributed by atoms with Crippen LogP contribution in [0.5, 0.6) is 0 Å². The first-order valence-corrected chi connectivity index (χ1v) is 7.47. The van der Waals surface area contributed by atoms with Crippen molar-refractivity contribution in [1.82, 2.24) is 15.0 Å². The van der Waals surface area contributed by atoms with Crippen LogP contribution >= 0.6 is 0 Å². The van der Waals surface area contributed by atoms with Crippen LogP contribution in [0.2, 0.25) is 0 Å². The molecule has 0 bridgehead atoms. The summed E-state index contributed by atoms with van der Waals surface area (Å²) in [4.78, 5) is 13.3. The van der Waals surface area contributed by atoms with E-state index in [2.05, 4.69) is 57.6 Å². The number of hydrogen-bond acceptors (Lipinski definition) is 5. The first-order chi connectivity index (χ1) is 11.1. The van der Waals surface area contributed by atoms with E-state index >= 15 is 0 Å². The van der Waals surface area contributed by atoms with Crippen LogP contribution in [-0.2, 0) is 0 Å². The van der Waals surface area contributed by atoms with Gasteiger partial charge in [-0.05, 0) is 49.2 Å². The number of aryl methyl sites for hydroxylation is 2. The molecule has 0 aliphatic rings. The molecule has 5 heteroatoms. The first-order valence-electron chi connectivity index (χ1n) is 7.47. The molecule has 116 valence electrons. The Morgan fingerprint density at radius 3 is 2.30 bits per heavy atom. The highest BCUT2D eigenvalue weighted by molar-refractivity contribution is 5.65. The minimum Gasteiger partial charge on any atom is -0.357 e. The molecule has 2 aromatic heterocycles. The Kier molecular flexibility index (Phi) is 4.19. The zero-order chi connectivity index (χ0) is 16.2. The van der Waals surface area contributed by atoms with Gasteiger partial charge in [0.05, 0.1) is 11.4 Å². The molecule has 0 saturated carbocycles. The van der Waals surface area contributed by atoms with Gasteiger partial charge in [-0.1, -0.05) is 12.1 Å². The van der Waals surface area contributed by atoms with E-state index in [0.29, 0.717) is 5.95 Å². The van der Waals surface area contributed by atoms with Crippen LogP contribution in [0.25, 0.3) is 11.4 Å². The number of benzene rings is 1. The lowest BCUT2D eigenvalue weighted by Gasteiger charge is -2.11. The fraction of sp³-hybridized carbons (Fsp3) is 0.167. The van der Waals surface area contributed by atoms with Crippen molar-refractivity contribution < 1.29 is 0 Å². The van der Waals surface area contributed by atoms with E-state index in [1.807, 2.05) is 24.3 Å². The molecule has 23 heavy (non-hydrogen) atoms. The van der Waals surface area contributed by atoms with Crippen molar-refractivity contribution in [2.45, 2.75) is 13.8 Å². The molecular formula is C18H19N5. The second-order valence-corrected chi connectivity index (χ2v) is 5.43. The van der Waals surface area contributed by atoms with Crippen molar-refractivity contribution in [3.05, 3.63) is 59.8 Å². The lowest BCUT2D eigenvalue weighted by molar-refractivity contribution is 1.14. The topological polar surface area (TPSA) is 62.7 Å². The Morgan fingerprint density at radius 2 is 1.65 bits per heavy atom. The molecule has 0 unspecified atom stereocenters. The van der Waals surface area contributed by atoms with E-state index in [0.717, 1.165) is 22.9 Å². The summed E-state index contributed by atoms with van der Waals surface area (Å²) in [6.07, 6.45) is 1.76. The van der Waals surface area contributed by atoms with Gasteiger partial charge in [0.2, 0.25) is 5.95 Å². The van der Waals surface area contributed by atoms with Crippen LogP contribution in [0.3, 0.4) is 0 Å². The summed E-state index contributed by atoms with van der Waals surface area (Å²) in [5, 5.41) is 6.35. The fourth-order valence-corrected chi connectivity index (χ4v) is 2.46. The zero-order valence-corrected chi connectivity index (χ0v) is 13.5. The third kappa shape index (κ3) is 3.63. The molecule has 2 N–H and O–H groups in total. The van der Waals surface area contributed by atoms with Crippen LogP contribution in [-0.4, -0.2) is 22.0 Å². The molecular weight excluding hydrogens is 286 g/mol. The molecule has 1 aromatic carbocycles. The maximum Gasteiger partial charge on any atom is 0.225 e. The predicted octanol–water partition coefficient (Wildman–Crippen LogP) is 3.94. The van der Waals surface area contributed by atoms with E-state index in [1.54, 1.807) is 13.2 Å². The van der Waals surface area contributed by atoms with Crippen LogP contribution in [0, 0.1) is 13.8 Å². The normalized spacial score (nSPS) is 10.4. The molecule has 0 spiro atoms. The summed E-state index contributed by atoms with van der Waals surface area (Å²) in [6, 6.07) is 14.0. The monoisotopic (exact) mass is 305 g/mol. The smallest absolute Gasteiger partial charge is 0.225 e. The lowest BCUT2D eigenvalue weighted by Crippen LogP contribution is -2.02. The third-order valence-corrected chi connectivity index (χ3v) is 3.37. The summed E-state index contributed by atoms with van der Waals surface area (Å²) in [7, 11) is 1.80. The molecule has 0 saturated heterocycles. The lowest BCUT2D eigenvalue weighted by atomic mass is 10.1. The molecule has 0 radical (unpaired) electrons. The highest BCUT2D eigenvalue weighted by Gasteiger charge is 2.07. The minimum atomic E-state index is 0.556. The largest absolute Gasteiger partial charge is 0.357 e. The van der Waals surface area contributed by atoms with Crippen molar-refractivity contribution in [2.24, 2.45) is 0 Å². The Balaban J connectivity index is 1.98. The number of hydrogen-bond donors (Lipinski definition) is 2. The summed E-state index contributed by atoms with van der Waals surface area (Å²) in [5.74, 6) is 1.29. The summed E-state index contributed by atoms with van der Waals surface area (Å²) in [5.41, 5.74) is 5.02. The van der Waals surface area contributed by atoms with Gasteiger partial charge >= 0.3 is 0 Å². The summed E-state index contributed by atoms with van der Waals surface area (Å²) < 4.78 is 0. The maximum absolute atomic E-state index is 4.47. The van der Waals surface area contributed by atoms with Crippen molar-refractivity contribution in [2.75, 3.05) is 17.7 Å². The van der Waals surface area contributed by atoms with Gasteiger partial charge in [0.25, 0.3) is 0 Å². The van der Waals surface area contributed by atoms with Gasteiger partial charge in [-0.3, -0.25) is 4.98 Å². The molecule has 0 atom stereocenters. The Bertz CT molecular complexity index is 795. The number of aromatic nitrogens is 3. The average Bonchev–Trinajstić information content (AvgIpc) is 2.54. The molecule has 0 fully saturated rings. The molecule has 0 aliphatic carbocycles. The van der Waals surface area contributed by atoms with Crippen molar-refractivity contribution in [3.8, 4) is 11.4 Å². The van der Waals surface area contributed by atoms with Gasteiger partial charge in [-0.2, -0.15) is 4.98 Å². The van der Waals surface area contributed by atoms with E-state index < -0.39 is 0 Å². The molecule has 3 aromatic rings. The first kappa shape index (κ1) is 15.0. The van der Waals surface area contributed by atoms with Gasteiger partial charge < -0.3 is 10.6 Å². The number of pyridine rings is 1. The highest BCUT2D eigenvalue weighted by atomic mass is 15.1. The quantitative estimate of drug-likeness (QED) is 0.764. The van der Waals surface area contributed by atoms with Gasteiger partial charge in [0.15, 0.2) is 0 Å².